The van der Waals surface area contributed by atoms with Crippen molar-refractivity contribution in [3.8, 4) is 5.75 Å². The Kier molecular flexibility index (Phi) is 5.68. The van der Waals surface area contributed by atoms with Crippen molar-refractivity contribution in [2.24, 2.45) is 0 Å². The maximum absolute atomic E-state index is 12.3. The minimum atomic E-state index is -0.930. The molecular formula is C22H23NO5. The van der Waals surface area contributed by atoms with Gasteiger partial charge in [-0.1, -0.05) is 18.2 Å². The van der Waals surface area contributed by atoms with Crippen LogP contribution in [0.5, 0.6) is 5.75 Å². The van der Waals surface area contributed by atoms with Crippen LogP contribution in [0.2, 0.25) is 0 Å². The highest BCUT2D eigenvalue weighted by atomic mass is 16.5. The predicted molar refractivity (Wildman–Crippen MR) is 107 cm³/mol. The van der Waals surface area contributed by atoms with Gasteiger partial charge in [-0.15, -0.1) is 0 Å². The van der Waals surface area contributed by atoms with Crippen LogP contribution in [0.3, 0.4) is 0 Å². The third-order valence-electron chi connectivity index (χ3n) is 4.69. The van der Waals surface area contributed by atoms with Crippen LogP contribution in [0, 0.1) is 13.8 Å². The number of furan rings is 1. The third-order valence-corrected chi connectivity index (χ3v) is 4.69. The maximum atomic E-state index is 12.3. The largest absolute Gasteiger partial charge is 0.497 e. The first-order valence-corrected chi connectivity index (χ1v) is 8.99. The molecule has 0 saturated carbocycles. The molecule has 6 heteroatoms. The zero-order valence-electron chi connectivity index (χ0n) is 16.4. The van der Waals surface area contributed by atoms with Crippen LogP contribution in [-0.2, 0) is 20.7 Å². The van der Waals surface area contributed by atoms with Crippen molar-refractivity contribution in [3.05, 3.63) is 59.4 Å². The van der Waals surface area contributed by atoms with E-state index in [9.17, 15) is 9.59 Å². The molecule has 3 aromatic rings. The summed E-state index contributed by atoms with van der Waals surface area (Å²) in [5, 5.41) is 3.59. The minimum Gasteiger partial charge on any atom is -0.497 e. The van der Waals surface area contributed by atoms with Gasteiger partial charge in [0.2, 0.25) is 0 Å². The molecule has 28 heavy (non-hydrogen) atoms. The first-order valence-electron chi connectivity index (χ1n) is 8.99. The molecule has 0 aliphatic heterocycles. The molecule has 3 rings (SSSR count). The zero-order chi connectivity index (χ0) is 20.3. The molecule has 6 nitrogen and oxygen atoms in total. The fraction of sp³-hybridized carbons (Fsp3) is 0.273. The first-order chi connectivity index (χ1) is 13.4. The Hall–Kier alpha value is -3.28. The molecule has 1 amide bonds. The number of rotatable bonds is 6. The fourth-order valence-electron chi connectivity index (χ4n) is 2.92. The van der Waals surface area contributed by atoms with E-state index in [0.717, 1.165) is 27.7 Å². The summed E-state index contributed by atoms with van der Waals surface area (Å²) in [5.41, 5.74) is 4.25. The second-order valence-corrected chi connectivity index (χ2v) is 6.68. The maximum Gasteiger partial charge on any atom is 0.311 e. The van der Waals surface area contributed by atoms with Gasteiger partial charge in [0.05, 0.1) is 19.8 Å². The molecule has 0 bridgehead atoms. The van der Waals surface area contributed by atoms with Crippen molar-refractivity contribution in [3.63, 3.8) is 0 Å². The summed E-state index contributed by atoms with van der Waals surface area (Å²) in [6.45, 7) is 5.52. The number of ether oxygens (including phenoxy) is 2. The summed E-state index contributed by atoms with van der Waals surface area (Å²) in [6, 6.07) is 10.9. The number of fused-ring (bicyclic) bond motifs is 1. The molecule has 1 atom stereocenters. The van der Waals surface area contributed by atoms with E-state index in [2.05, 4.69) is 5.32 Å². The number of anilines is 1. The van der Waals surface area contributed by atoms with E-state index in [1.54, 1.807) is 37.6 Å². The quantitative estimate of drug-likeness (QED) is 0.649. The van der Waals surface area contributed by atoms with Crippen molar-refractivity contribution >= 4 is 28.5 Å². The number of carbonyl (C=O) groups excluding carboxylic acids is 2. The Morgan fingerprint density at radius 3 is 2.71 bits per heavy atom. The van der Waals surface area contributed by atoms with Gasteiger partial charge in [-0.05, 0) is 44.0 Å². The molecule has 0 saturated heterocycles. The summed E-state index contributed by atoms with van der Waals surface area (Å²) in [7, 11) is 1.55. The second kappa shape index (κ2) is 8.17. The van der Waals surface area contributed by atoms with Crippen molar-refractivity contribution in [1.82, 2.24) is 0 Å². The number of nitrogens with one attached hydrogen (secondary N) is 1. The molecule has 146 valence electrons. The normalized spacial score (nSPS) is 11.9. The van der Waals surface area contributed by atoms with Crippen molar-refractivity contribution in [2.45, 2.75) is 33.3 Å². The average Bonchev–Trinajstić information content (AvgIpc) is 3.08. The van der Waals surface area contributed by atoms with Gasteiger partial charge in [-0.25, -0.2) is 0 Å². The Morgan fingerprint density at radius 1 is 1.18 bits per heavy atom. The highest BCUT2D eigenvalue weighted by Gasteiger charge is 2.20. The van der Waals surface area contributed by atoms with Gasteiger partial charge in [-0.3, -0.25) is 9.59 Å². The van der Waals surface area contributed by atoms with Gasteiger partial charge < -0.3 is 19.2 Å². The van der Waals surface area contributed by atoms with Crippen LogP contribution in [0.1, 0.15) is 23.6 Å². The van der Waals surface area contributed by atoms with Crippen LogP contribution in [-0.4, -0.2) is 25.1 Å². The van der Waals surface area contributed by atoms with Gasteiger partial charge >= 0.3 is 5.97 Å². The van der Waals surface area contributed by atoms with Gasteiger partial charge in [0.1, 0.15) is 11.3 Å². The molecule has 2 aromatic carbocycles. The Morgan fingerprint density at radius 2 is 1.96 bits per heavy atom. The first kappa shape index (κ1) is 19.5. The van der Waals surface area contributed by atoms with Crippen molar-refractivity contribution < 1.29 is 23.5 Å². The summed E-state index contributed by atoms with van der Waals surface area (Å²) >= 11 is 0. The summed E-state index contributed by atoms with van der Waals surface area (Å²) in [5.74, 6) is -0.279. The summed E-state index contributed by atoms with van der Waals surface area (Å²) in [4.78, 5) is 24.6. The summed E-state index contributed by atoms with van der Waals surface area (Å²) < 4.78 is 16.0. The fourth-order valence-corrected chi connectivity index (χ4v) is 2.92. The van der Waals surface area contributed by atoms with Crippen LogP contribution in [0.25, 0.3) is 11.0 Å². The lowest BCUT2D eigenvalue weighted by molar-refractivity contribution is -0.152. The number of methoxy groups -OCH3 is 1. The number of aryl methyl sites for hydroxylation is 2. The molecule has 1 aromatic heterocycles. The Labute approximate surface area is 163 Å². The lowest BCUT2D eigenvalue weighted by atomic mass is 10.0. The van der Waals surface area contributed by atoms with Gasteiger partial charge in [0, 0.05) is 22.7 Å². The molecule has 1 N–H and O–H groups in total. The van der Waals surface area contributed by atoms with E-state index in [1.807, 2.05) is 26.0 Å². The van der Waals surface area contributed by atoms with Crippen LogP contribution in [0.4, 0.5) is 5.69 Å². The zero-order valence-corrected chi connectivity index (χ0v) is 16.4. The van der Waals surface area contributed by atoms with Crippen LogP contribution in [0.15, 0.2) is 47.1 Å². The molecule has 0 unspecified atom stereocenters. The summed E-state index contributed by atoms with van der Waals surface area (Å²) in [6.07, 6.45) is 0.673. The second-order valence-electron chi connectivity index (χ2n) is 6.68. The molecule has 0 aliphatic rings. The van der Waals surface area contributed by atoms with E-state index >= 15 is 0 Å². The highest BCUT2D eigenvalue weighted by molar-refractivity contribution is 5.95. The Balaban J connectivity index is 1.62. The van der Waals surface area contributed by atoms with Gasteiger partial charge in [0.25, 0.3) is 5.91 Å². The topological polar surface area (TPSA) is 77.8 Å². The monoisotopic (exact) mass is 381 g/mol. The molecule has 1 heterocycles. The smallest absolute Gasteiger partial charge is 0.311 e. The number of esters is 1. The van der Waals surface area contributed by atoms with E-state index in [-0.39, 0.29) is 6.42 Å². The molecular weight excluding hydrogens is 358 g/mol. The SMILES string of the molecule is COc1cccc(NC(=O)[C@@H](C)OC(=O)Cc2coc3c(C)c(C)ccc23)c1. The number of benzene rings is 2. The van der Waals surface area contributed by atoms with Crippen LogP contribution >= 0.6 is 0 Å². The van der Waals surface area contributed by atoms with E-state index in [0.29, 0.717) is 11.4 Å². The molecule has 0 aliphatic carbocycles. The number of carbonyl (C=O) groups is 2. The van der Waals surface area contributed by atoms with Gasteiger partial charge in [0.15, 0.2) is 6.10 Å². The lowest BCUT2D eigenvalue weighted by Crippen LogP contribution is -2.30. The van der Waals surface area contributed by atoms with Crippen LogP contribution < -0.4 is 10.1 Å². The molecule has 0 spiro atoms. The Bertz CT molecular complexity index is 1020. The minimum absolute atomic E-state index is 0.0340. The number of hydrogen-bond acceptors (Lipinski definition) is 5. The number of hydrogen-bond donors (Lipinski definition) is 1. The van der Waals surface area contributed by atoms with Crippen molar-refractivity contribution in [2.75, 3.05) is 12.4 Å². The van der Waals surface area contributed by atoms with E-state index in [4.69, 9.17) is 13.9 Å². The third kappa shape index (κ3) is 4.17. The highest BCUT2D eigenvalue weighted by Crippen LogP contribution is 2.27. The molecule has 0 radical (unpaired) electrons. The standard InChI is InChI=1S/C22H23NO5/c1-13-8-9-19-16(12-27-21(19)14(13)2)10-20(24)28-15(3)22(25)23-17-6-5-7-18(11-17)26-4/h5-9,11-12,15H,10H2,1-4H3,(H,23,25)/t15-/m1/s1. The van der Waals surface area contributed by atoms with Gasteiger partial charge in [-0.2, -0.15) is 0 Å². The van der Waals surface area contributed by atoms with Crippen molar-refractivity contribution in [1.29, 1.82) is 0 Å². The van der Waals surface area contributed by atoms with E-state index < -0.39 is 18.0 Å². The van der Waals surface area contributed by atoms with E-state index in [1.165, 1.54) is 6.92 Å². The average molecular weight is 381 g/mol. The predicted octanol–water partition coefficient (Wildman–Crippen LogP) is 4.17. The molecule has 0 fully saturated rings. The lowest BCUT2D eigenvalue weighted by Gasteiger charge is -2.14. The number of amides is 1.